The molecule has 0 fully saturated rings. The lowest BCUT2D eigenvalue weighted by molar-refractivity contribution is -0.00000288. The first-order valence-corrected chi connectivity index (χ1v) is 4.80. The van der Waals surface area contributed by atoms with Crippen molar-refractivity contribution < 1.29 is 13.8 Å². The van der Waals surface area contributed by atoms with E-state index in [0.717, 1.165) is 18.8 Å². The molecule has 80 valence electrons. The molecular formula is C11H19ClN2. The largest absolute Gasteiger partial charge is 1.00 e. The maximum atomic E-state index is 5.69. The van der Waals surface area contributed by atoms with Gasteiger partial charge < -0.3 is 23.0 Å². The van der Waals surface area contributed by atoms with Gasteiger partial charge in [0.25, 0.3) is 0 Å². The minimum atomic E-state index is 0. The second-order valence-corrected chi connectivity index (χ2v) is 3.22. The number of benzene rings is 1. The van der Waals surface area contributed by atoms with Crippen LogP contribution in [0.5, 0.6) is 0 Å². The van der Waals surface area contributed by atoms with Crippen LogP contribution in [0.15, 0.2) is 18.2 Å². The van der Waals surface area contributed by atoms with E-state index in [2.05, 4.69) is 31.7 Å². The van der Waals surface area contributed by atoms with Crippen LogP contribution in [0, 0.1) is 6.92 Å². The number of nitrogens with two attached hydrogens (primary N) is 1. The van der Waals surface area contributed by atoms with Gasteiger partial charge in [0.05, 0.1) is 0 Å². The van der Waals surface area contributed by atoms with E-state index in [-0.39, 0.29) is 13.8 Å². The van der Waals surface area contributed by atoms with Crippen LogP contribution < -0.4 is 23.0 Å². The second kappa shape index (κ2) is 5.76. The first-order chi connectivity index (χ1) is 6.19. The fraction of sp³-hybridized carbons (Fsp3) is 0.455. The summed E-state index contributed by atoms with van der Waals surface area (Å²) < 4.78 is 0. The number of rotatable bonds is 3. The Morgan fingerprint density at radius 1 is 1.29 bits per heavy atom. The van der Waals surface area contributed by atoms with E-state index in [1.165, 1.54) is 11.3 Å². The molecule has 0 aliphatic carbocycles. The second-order valence-electron chi connectivity index (χ2n) is 3.22. The summed E-state index contributed by atoms with van der Waals surface area (Å²) >= 11 is 0. The molecule has 0 unspecified atom stereocenters. The Kier molecular flexibility index (Phi) is 5.39. The van der Waals surface area contributed by atoms with Crippen molar-refractivity contribution in [1.29, 1.82) is 0 Å². The van der Waals surface area contributed by atoms with E-state index in [4.69, 9.17) is 5.73 Å². The summed E-state index contributed by atoms with van der Waals surface area (Å²) in [6, 6.07) is 6.08. The molecule has 1 rings (SSSR count). The Hall–Kier alpha value is -0.890. The van der Waals surface area contributed by atoms with Gasteiger partial charge >= 0.3 is 1.43 Å². The highest BCUT2D eigenvalue weighted by molar-refractivity contribution is 5.58. The van der Waals surface area contributed by atoms with E-state index < -0.39 is 0 Å². The third kappa shape index (κ3) is 2.81. The van der Waals surface area contributed by atoms with Gasteiger partial charge in [-0.25, -0.2) is 0 Å². The SMILES string of the molecule is CCN(CC)c1ccc(N)cc1C.[Cl-].[H+]. The van der Waals surface area contributed by atoms with Crippen LogP contribution in [0.25, 0.3) is 0 Å². The van der Waals surface area contributed by atoms with E-state index in [1.54, 1.807) is 0 Å². The molecule has 14 heavy (non-hydrogen) atoms. The van der Waals surface area contributed by atoms with Crippen LogP contribution >= 0.6 is 0 Å². The maximum Gasteiger partial charge on any atom is 1.00 e. The van der Waals surface area contributed by atoms with E-state index in [1.807, 2.05) is 12.1 Å². The number of aryl methyl sites for hydroxylation is 1. The van der Waals surface area contributed by atoms with Crippen molar-refractivity contribution in [2.24, 2.45) is 0 Å². The molecule has 0 heterocycles. The molecule has 2 nitrogen and oxygen atoms in total. The lowest BCUT2D eigenvalue weighted by Crippen LogP contribution is -3.00. The number of nitrogen functional groups attached to an aromatic ring is 1. The summed E-state index contributed by atoms with van der Waals surface area (Å²) in [6.07, 6.45) is 0. The van der Waals surface area contributed by atoms with Gasteiger partial charge in [-0.05, 0) is 44.5 Å². The summed E-state index contributed by atoms with van der Waals surface area (Å²) in [5.74, 6) is 0. The normalized spacial score (nSPS) is 9.36. The smallest absolute Gasteiger partial charge is 1.00 e. The van der Waals surface area contributed by atoms with Crippen LogP contribution in [0.4, 0.5) is 11.4 Å². The molecule has 0 radical (unpaired) electrons. The van der Waals surface area contributed by atoms with Gasteiger partial charge in [-0.1, -0.05) is 0 Å². The Morgan fingerprint density at radius 2 is 1.86 bits per heavy atom. The zero-order valence-corrected chi connectivity index (χ0v) is 9.80. The quantitative estimate of drug-likeness (QED) is 0.691. The average molecular weight is 215 g/mol. The van der Waals surface area contributed by atoms with Crippen LogP contribution in [-0.2, 0) is 0 Å². The lowest BCUT2D eigenvalue weighted by atomic mass is 10.1. The van der Waals surface area contributed by atoms with E-state index in [9.17, 15) is 0 Å². The van der Waals surface area contributed by atoms with Crippen molar-refractivity contribution in [2.45, 2.75) is 20.8 Å². The van der Waals surface area contributed by atoms with Crippen molar-refractivity contribution in [3.63, 3.8) is 0 Å². The van der Waals surface area contributed by atoms with Crippen molar-refractivity contribution in [2.75, 3.05) is 23.7 Å². The van der Waals surface area contributed by atoms with E-state index in [0.29, 0.717) is 0 Å². The predicted molar refractivity (Wildman–Crippen MR) is 60.3 cm³/mol. The van der Waals surface area contributed by atoms with Gasteiger partial charge in [-0.15, -0.1) is 0 Å². The monoisotopic (exact) mass is 214 g/mol. The Labute approximate surface area is 94.0 Å². The third-order valence-corrected chi connectivity index (χ3v) is 2.32. The molecule has 0 saturated carbocycles. The molecule has 0 aliphatic rings. The highest BCUT2D eigenvalue weighted by atomic mass is 35.5. The molecular weight excluding hydrogens is 196 g/mol. The fourth-order valence-corrected chi connectivity index (χ4v) is 1.60. The van der Waals surface area contributed by atoms with Crippen molar-refractivity contribution in [3.8, 4) is 0 Å². The molecule has 0 aliphatic heterocycles. The minimum absolute atomic E-state index is 0. The topological polar surface area (TPSA) is 29.3 Å². The molecule has 3 heteroatoms. The zero-order valence-electron chi connectivity index (χ0n) is 10.0. The van der Waals surface area contributed by atoms with Gasteiger partial charge in [-0.2, -0.15) is 0 Å². The Morgan fingerprint density at radius 3 is 2.29 bits per heavy atom. The van der Waals surface area contributed by atoms with Crippen molar-refractivity contribution in [1.82, 2.24) is 0 Å². The number of halogens is 1. The van der Waals surface area contributed by atoms with Gasteiger partial charge in [0.1, 0.15) is 0 Å². The molecule has 0 atom stereocenters. The molecule has 0 aromatic heterocycles. The average Bonchev–Trinajstić information content (AvgIpc) is 2.10. The number of hydrogen-bond acceptors (Lipinski definition) is 2. The summed E-state index contributed by atoms with van der Waals surface area (Å²) in [5.41, 5.74) is 9.08. The first kappa shape index (κ1) is 13.1. The number of anilines is 2. The fourth-order valence-electron chi connectivity index (χ4n) is 1.60. The first-order valence-electron chi connectivity index (χ1n) is 4.80. The van der Waals surface area contributed by atoms with Crippen LogP contribution in [0.3, 0.4) is 0 Å². The van der Waals surface area contributed by atoms with Crippen LogP contribution in [0.2, 0.25) is 0 Å². The highest BCUT2D eigenvalue weighted by Gasteiger charge is 2.04. The van der Waals surface area contributed by atoms with E-state index >= 15 is 0 Å². The lowest BCUT2D eigenvalue weighted by Gasteiger charge is -2.23. The number of nitrogens with zero attached hydrogens (tertiary/aromatic N) is 1. The highest BCUT2D eigenvalue weighted by Crippen LogP contribution is 2.21. The Bertz CT molecular complexity index is 288. The molecule has 0 spiro atoms. The van der Waals surface area contributed by atoms with Crippen LogP contribution in [0.1, 0.15) is 20.8 Å². The standard InChI is InChI=1S/C11H18N2.ClH/c1-4-13(5-2)11-7-6-10(12)8-9(11)3;/h6-8H,4-5,12H2,1-3H3;1H. The summed E-state index contributed by atoms with van der Waals surface area (Å²) in [4.78, 5) is 2.33. The van der Waals surface area contributed by atoms with Gasteiger partial charge in [0, 0.05) is 24.5 Å². The van der Waals surface area contributed by atoms with Crippen molar-refractivity contribution >= 4 is 11.4 Å². The molecule has 0 amide bonds. The maximum absolute atomic E-state index is 5.69. The van der Waals surface area contributed by atoms with Gasteiger partial charge in [-0.3, -0.25) is 0 Å². The summed E-state index contributed by atoms with van der Waals surface area (Å²) in [7, 11) is 0. The molecule has 1 aromatic rings. The third-order valence-electron chi connectivity index (χ3n) is 2.32. The molecule has 0 saturated heterocycles. The molecule has 0 bridgehead atoms. The molecule has 2 N–H and O–H groups in total. The minimum Gasteiger partial charge on any atom is -1.00 e. The van der Waals surface area contributed by atoms with Crippen molar-refractivity contribution in [3.05, 3.63) is 23.8 Å². The summed E-state index contributed by atoms with van der Waals surface area (Å²) in [6.45, 7) is 8.52. The Balaban J connectivity index is 0. The van der Waals surface area contributed by atoms with Gasteiger partial charge in [0.15, 0.2) is 0 Å². The summed E-state index contributed by atoms with van der Waals surface area (Å²) in [5, 5.41) is 0. The van der Waals surface area contributed by atoms with Crippen LogP contribution in [-0.4, -0.2) is 13.1 Å². The number of hydrogen-bond donors (Lipinski definition) is 1. The predicted octanol–water partition coefficient (Wildman–Crippen LogP) is -0.460. The van der Waals surface area contributed by atoms with Gasteiger partial charge in [0.2, 0.25) is 0 Å². The zero-order chi connectivity index (χ0) is 9.84. The molecule has 1 aromatic carbocycles.